The zero-order valence-corrected chi connectivity index (χ0v) is 11.6. The Labute approximate surface area is 118 Å². The molecule has 1 aromatic carbocycles. The molecule has 0 radical (unpaired) electrons. The summed E-state index contributed by atoms with van der Waals surface area (Å²) in [5.41, 5.74) is 6.24. The first-order chi connectivity index (χ1) is 8.09. The number of hydrogen-bond donors (Lipinski definition) is 2. The van der Waals surface area contributed by atoms with E-state index in [1.54, 1.807) is 0 Å². The lowest BCUT2D eigenvalue weighted by atomic mass is 9.91. The molecule has 1 fully saturated rings. The summed E-state index contributed by atoms with van der Waals surface area (Å²) in [6, 6.07) is 3.57. The van der Waals surface area contributed by atoms with Crippen LogP contribution in [0.3, 0.4) is 0 Å². The smallest absolute Gasteiger partial charge is 0.128 e. The lowest BCUT2D eigenvalue weighted by Gasteiger charge is -2.25. The summed E-state index contributed by atoms with van der Waals surface area (Å²) >= 11 is 5.82. The van der Waals surface area contributed by atoms with E-state index in [-0.39, 0.29) is 18.3 Å². The van der Waals surface area contributed by atoms with Crippen molar-refractivity contribution in [3.63, 3.8) is 0 Å². The summed E-state index contributed by atoms with van der Waals surface area (Å²) in [5.74, 6) is -0.220. The fourth-order valence-corrected chi connectivity index (χ4v) is 2.73. The summed E-state index contributed by atoms with van der Waals surface area (Å²) in [7, 11) is 0. The van der Waals surface area contributed by atoms with Crippen LogP contribution in [0.15, 0.2) is 18.2 Å². The zero-order chi connectivity index (χ0) is 12.4. The van der Waals surface area contributed by atoms with Crippen molar-refractivity contribution in [2.45, 2.75) is 37.8 Å². The summed E-state index contributed by atoms with van der Waals surface area (Å²) in [6.07, 6.45) is 3.48. The van der Waals surface area contributed by atoms with Gasteiger partial charge in [0.05, 0.1) is 12.1 Å². The Morgan fingerprint density at radius 1 is 1.33 bits per heavy atom. The quantitative estimate of drug-likeness (QED) is 0.897. The highest BCUT2D eigenvalue weighted by Gasteiger charge is 2.30. The minimum absolute atomic E-state index is 0. The van der Waals surface area contributed by atoms with Crippen LogP contribution >= 0.6 is 24.0 Å². The van der Waals surface area contributed by atoms with Crippen LogP contribution in [0, 0.1) is 11.7 Å². The molecule has 0 aliphatic heterocycles. The van der Waals surface area contributed by atoms with E-state index in [2.05, 4.69) is 0 Å². The fourth-order valence-electron chi connectivity index (χ4n) is 2.55. The van der Waals surface area contributed by atoms with Gasteiger partial charge in [0.15, 0.2) is 0 Å². The highest BCUT2D eigenvalue weighted by Crippen LogP contribution is 2.33. The molecule has 0 aromatic heterocycles. The third-order valence-electron chi connectivity index (χ3n) is 3.57. The number of hydrogen-bond acceptors (Lipinski definition) is 2. The van der Waals surface area contributed by atoms with E-state index >= 15 is 0 Å². The second-order valence-electron chi connectivity index (χ2n) is 4.73. The highest BCUT2D eigenvalue weighted by atomic mass is 35.5. The minimum atomic E-state index is -0.697. The Balaban J connectivity index is 0.00000162. The predicted octanol–water partition coefficient (Wildman–Crippen LogP) is 3.45. The predicted molar refractivity (Wildman–Crippen MR) is 73.6 cm³/mol. The molecule has 0 amide bonds. The molecule has 2 nitrogen and oxygen atoms in total. The van der Waals surface area contributed by atoms with Crippen molar-refractivity contribution in [2.24, 2.45) is 11.7 Å². The number of nitrogens with two attached hydrogens (primary N) is 1. The van der Waals surface area contributed by atoms with Gasteiger partial charge in [-0.25, -0.2) is 4.39 Å². The van der Waals surface area contributed by atoms with Gasteiger partial charge in [-0.1, -0.05) is 24.4 Å². The maximum atomic E-state index is 13.6. The number of benzene rings is 1. The van der Waals surface area contributed by atoms with Crippen LogP contribution in [0.4, 0.5) is 4.39 Å². The number of halogens is 3. The van der Waals surface area contributed by atoms with Crippen LogP contribution in [0.2, 0.25) is 5.02 Å². The molecular formula is C13H18Cl2FNO. The van der Waals surface area contributed by atoms with Gasteiger partial charge in [0.1, 0.15) is 5.82 Å². The molecule has 1 aliphatic carbocycles. The van der Waals surface area contributed by atoms with Gasteiger partial charge in [-0.2, -0.15) is 0 Å². The standard InChI is InChI=1S/C13H17ClFNO.ClH/c14-9-5-6-11(15)10(7-9)12(16)13(17)8-3-1-2-4-8;/h5-8,12-13,17H,1-4,16H2;1H/t12-,13+;/m1./s1. The van der Waals surface area contributed by atoms with Gasteiger partial charge in [0.2, 0.25) is 0 Å². The van der Waals surface area contributed by atoms with E-state index in [4.69, 9.17) is 17.3 Å². The molecule has 2 rings (SSSR count). The van der Waals surface area contributed by atoms with E-state index in [1.165, 1.54) is 18.2 Å². The molecule has 3 N–H and O–H groups in total. The Morgan fingerprint density at radius 2 is 1.94 bits per heavy atom. The van der Waals surface area contributed by atoms with Crippen molar-refractivity contribution in [3.8, 4) is 0 Å². The van der Waals surface area contributed by atoms with Gasteiger partial charge in [-0.05, 0) is 37.0 Å². The average Bonchev–Trinajstić information content (AvgIpc) is 2.84. The summed E-state index contributed by atoms with van der Waals surface area (Å²) < 4.78 is 13.6. The molecule has 2 atom stereocenters. The van der Waals surface area contributed by atoms with Crippen molar-refractivity contribution in [1.29, 1.82) is 0 Å². The second-order valence-corrected chi connectivity index (χ2v) is 5.16. The molecule has 102 valence electrons. The van der Waals surface area contributed by atoms with E-state index in [0.29, 0.717) is 10.6 Å². The summed E-state index contributed by atoms with van der Waals surface area (Å²) in [4.78, 5) is 0. The van der Waals surface area contributed by atoms with Gasteiger partial charge >= 0.3 is 0 Å². The summed E-state index contributed by atoms with van der Waals surface area (Å²) in [6.45, 7) is 0. The Kier molecular flexibility index (Phi) is 5.86. The van der Waals surface area contributed by atoms with Crippen LogP contribution in [-0.2, 0) is 0 Å². The van der Waals surface area contributed by atoms with Gasteiger partial charge in [0, 0.05) is 10.6 Å². The molecule has 0 spiro atoms. The molecule has 0 saturated heterocycles. The van der Waals surface area contributed by atoms with Gasteiger partial charge < -0.3 is 10.8 Å². The van der Waals surface area contributed by atoms with Crippen molar-refractivity contribution in [3.05, 3.63) is 34.6 Å². The molecule has 1 saturated carbocycles. The third kappa shape index (κ3) is 3.35. The lowest BCUT2D eigenvalue weighted by Crippen LogP contribution is -2.32. The number of aliphatic hydroxyl groups excluding tert-OH is 1. The van der Waals surface area contributed by atoms with Crippen molar-refractivity contribution >= 4 is 24.0 Å². The van der Waals surface area contributed by atoms with E-state index in [1.807, 2.05) is 0 Å². The average molecular weight is 294 g/mol. The molecule has 0 bridgehead atoms. The second kappa shape index (κ2) is 6.71. The zero-order valence-electron chi connectivity index (χ0n) is 9.98. The third-order valence-corrected chi connectivity index (χ3v) is 3.80. The van der Waals surface area contributed by atoms with Crippen LogP contribution < -0.4 is 5.73 Å². The van der Waals surface area contributed by atoms with E-state index in [9.17, 15) is 9.50 Å². The monoisotopic (exact) mass is 293 g/mol. The first-order valence-corrected chi connectivity index (χ1v) is 6.36. The number of aliphatic hydroxyl groups is 1. The maximum Gasteiger partial charge on any atom is 0.128 e. The van der Waals surface area contributed by atoms with Gasteiger partial charge in [0.25, 0.3) is 0 Å². The van der Waals surface area contributed by atoms with Crippen LogP contribution in [0.1, 0.15) is 37.3 Å². The number of rotatable bonds is 3. The first kappa shape index (κ1) is 15.7. The topological polar surface area (TPSA) is 46.2 Å². The maximum absolute atomic E-state index is 13.6. The van der Waals surface area contributed by atoms with Crippen LogP contribution in [0.5, 0.6) is 0 Å². The van der Waals surface area contributed by atoms with Crippen molar-refractivity contribution < 1.29 is 9.50 Å². The molecule has 5 heteroatoms. The van der Waals surface area contributed by atoms with Gasteiger partial charge in [-0.3, -0.25) is 0 Å². The Morgan fingerprint density at radius 3 is 2.56 bits per heavy atom. The van der Waals surface area contributed by atoms with E-state index < -0.39 is 18.0 Å². The Hall–Kier alpha value is -0.350. The molecule has 0 heterocycles. The van der Waals surface area contributed by atoms with Crippen LogP contribution in [-0.4, -0.2) is 11.2 Å². The first-order valence-electron chi connectivity index (χ1n) is 5.98. The largest absolute Gasteiger partial charge is 0.391 e. The lowest BCUT2D eigenvalue weighted by molar-refractivity contribution is 0.0833. The molecule has 0 unspecified atom stereocenters. The van der Waals surface area contributed by atoms with E-state index in [0.717, 1.165) is 25.7 Å². The van der Waals surface area contributed by atoms with Crippen molar-refractivity contribution in [1.82, 2.24) is 0 Å². The minimum Gasteiger partial charge on any atom is -0.391 e. The normalized spacial score (nSPS) is 19.3. The highest BCUT2D eigenvalue weighted by molar-refractivity contribution is 6.30. The molecule has 1 aromatic rings. The SMILES string of the molecule is Cl.N[C@H](c1cc(Cl)ccc1F)[C@@H](O)C1CCCC1. The van der Waals surface area contributed by atoms with Crippen LogP contribution in [0.25, 0.3) is 0 Å². The molecule has 18 heavy (non-hydrogen) atoms. The molecular weight excluding hydrogens is 276 g/mol. The fraction of sp³-hybridized carbons (Fsp3) is 0.538. The van der Waals surface area contributed by atoms with Crippen molar-refractivity contribution in [2.75, 3.05) is 0 Å². The molecule has 1 aliphatic rings. The summed E-state index contributed by atoms with van der Waals surface area (Å²) in [5, 5.41) is 10.6. The van der Waals surface area contributed by atoms with Gasteiger partial charge in [-0.15, -0.1) is 12.4 Å². The Bertz CT molecular complexity index is 397.